The van der Waals surface area contributed by atoms with Crippen molar-refractivity contribution in [1.29, 1.82) is 0 Å². The Balaban J connectivity index is 1.64. The van der Waals surface area contributed by atoms with Crippen molar-refractivity contribution in [2.24, 2.45) is 0 Å². The van der Waals surface area contributed by atoms with E-state index in [1.54, 1.807) is 11.6 Å². The molecule has 0 radical (unpaired) electrons. The summed E-state index contributed by atoms with van der Waals surface area (Å²) in [6.45, 7) is 3.89. The highest BCUT2D eigenvalue weighted by atomic mass is 16.5. The van der Waals surface area contributed by atoms with E-state index in [4.69, 9.17) is 14.7 Å². The summed E-state index contributed by atoms with van der Waals surface area (Å²) in [6.07, 6.45) is 5.76. The first kappa shape index (κ1) is 21.6. The lowest BCUT2D eigenvalue weighted by atomic mass is 9.95. The van der Waals surface area contributed by atoms with Crippen LogP contribution in [0.15, 0.2) is 53.3 Å². The minimum Gasteiger partial charge on any atom is -0.494 e. The van der Waals surface area contributed by atoms with Crippen LogP contribution in [0.3, 0.4) is 0 Å². The molecule has 178 valence electrons. The van der Waals surface area contributed by atoms with E-state index in [0.29, 0.717) is 34.5 Å². The molecule has 6 rings (SSSR count). The third kappa shape index (κ3) is 3.37. The molecule has 0 atom stereocenters. The van der Waals surface area contributed by atoms with Crippen LogP contribution in [-0.4, -0.2) is 31.3 Å². The lowest BCUT2D eigenvalue weighted by molar-refractivity contribution is 0.362. The third-order valence-electron chi connectivity index (χ3n) is 7.27. The predicted octanol–water partition coefficient (Wildman–Crippen LogP) is 5.84. The summed E-state index contributed by atoms with van der Waals surface area (Å²) in [7, 11) is 1.66. The van der Waals surface area contributed by atoms with Gasteiger partial charge in [0, 0.05) is 17.3 Å². The van der Waals surface area contributed by atoms with Crippen LogP contribution in [0.4, 0.5) is 0 Å². The maximum atomic E-state index is 14.0. The lowest BCUT2D eigenvalue weighted by Crippen LogP contribution is -2.22. The molecule has 3 aromatic heterocycles. The fourth-order valence-corrected chi connectivity index (χ4v) is 5.64. The van der Waals surface area contributed by atoms with Crippen molar-refractivity contribution in [3.63, 3.8) is 0 Å². The van der Waals surface area contributed by atoms with Crippen molar-refractivity contribution >= 4 is 16.7 Å². The van der Waals surface area contributed by atoms with Gasteiger partial charge >= 0.3 is 0 Å². The number of nitrogens with one attached hydrogen (secondary N) is 1. The zero-order valence-electron chi connectivity index (χ0n) is 20.3. The normalized spacial score (nSPS) is 14.7. The van der Waals surface area contributed by atoms with Crippen molar-refractivity contribution < 1.29 is 4.74 Å². The minimum absolute atomic E-state index is 0.135. The van der Waals surface area contributed by atoms with Gasteiger partial charge < -0.3 is 9.30 Å². The van der Waals surface area contributed by atoms with E-state index in [1.807, 2.05) is 56.3 Å². The number of aromatic amines is 1. The second-order valence-corrected chi connectivity index (χ2v) is 9.44. The van der Waals surface area contributed by atoms with Crippen molar-refractivity contribution in [1.82, 2.24) is 24.1 Å². The summed E-state index contributed by atoms with van der Waals surface area (Å²) in [5, 5.41) is 3.27. The molecule has 0 unspecified atom stereocenters. The Morgan fingerprint density at radius 1 is 0.943 bits per heavy atom. The Hall–Kier alpha value is -3.87. The highest BCUT2D eigenvalue weighted by molar-refractivity contribution is 5.87. The Morgan fingerprint density at radius 3 is 2.46 bits per heavy atom. The number of benzene rings is 2. The van der Waals surface area contributed by atoms with Crippen LogP contribution in [0.25, 0.3) is 39.2 Å². The zero-order valence-corrected chi connectivity index (χ0v) is 20.3. The summed E-state index contributed by atoms with van der Waals surface area (Å²) < 4.78 is 9.47. The second kappa shape index (κ2) is 8.41. The summed E-state index contributed by atoms with van der Waals surface area (Å²) >= 11 is 0. The molecule has 0 amide bonds. The molecule has 2 aromatic carbocycles. The molecular formula is C28H29N5O2. The van der Waals surface area contributed by atoms with Crippen molar-refractivity contribution in [2.45, 2.75) is 52.0 Å². The fourth-order valence-electron chi connectivity index (χ4n) is 5.64. The number of hydrogen-bond donors (Lipinski definition) is 1. The van der Waals surface area contributed by atoms with Gasteiger partial charge in [-0.1, -0.05) is 55.7 Å². The van der Waals surface area contributed by atoms with Gasteiger partial charge in [-0.25, -0.2) is 14.5 Å². The maximum absolute atomic E-state index is 14.0. The van der Waals surface area contributed by atoms with Crippen molar-refractivity contribution in [3.8, 4) is 28.3 Å². The van der Waals surface area contributed by atoms with Gasteiger partial charge in [0.2, 0.25) is 0 Å². The number of hydrogen-bond acceptors (Lipinski definition) is 4. The Kier molecular flexibility index (Phi) is 5.20. The maximum Gasteiger partial charge on any atom is 0.284 e. The van der Waals surface area contributed by atoms with Gasteiger partial charge in [0.15, 0.2) is 5.65 Å². The van der Waals surface area contributed by atoms with Crippen molar-refractivity contribution in [3.05, 3.63) is 70.3 Å². The number of aromatic nitrogens is 5. The summed E-state index contributed by atoms with van der Waals surface area (Å²) in [5.41, 5.74) is 6.38. The van der Waals surface area contributed by atoms with Crippen LogP contribution in [-0.2, 0) is 0 Å². The quantitative estimate of drug-likeness (QED) is 0.360. The monoisotopic (exact) mass is 467 g/mol. The van der Waals surface area contributed by atoms with Gasteiger partial charge in [-0.2, -0.15) is 0 Å². The highest BCUT2D eigenvalue weighted by Gasteiger charge is 2.27. The van der Waals surface area contributed by atoms with Gasteiger partial charge in [-0.05, 0) is 44.4 Å². The highest BCUT2D eigenvalue weighted by Crippen LogP contribution is 2.38. The molecule has 1 aliphatic rings. The molecule has 1 saturated carbocycles. The predicted molar refractivity (Wildman–Crippen MR) is 138 cm³/mol. The van der Waals surface area contributed by atoms with E-state index in [2.05, 4.69) is 15.7 Å². The molecule has 0 bridgehead atoms. The molecule has 0 spiro atoms. The van der Waals surface area contributed by atoms with E-state index in [-0.39, 0.29) is 5.56 Å². The van der Waals surface area contributed by atoms with Gasteiger partial charge in [0.05, 0.1) is 18.3 Å². The van der Waals surface area contributed by atoms with Crippen molar-refractivity contribution in [2.75, 3.05) is 7.11 Å². The number of para-hydroxylation sites is 1. The first-order valence-corrected chi connectivity index (χ1v) is 12.3. The number of ether oxygens (including phenoxy) is 1. The molecule has 0 saturated heterocycles. The third-order valence-corrected chi connectivity index (χ3v) is 7.27. The number of methoxy groups -OCH3 is 1. The van der Waals surface area contributed by atoms with Crippen LogP contribution < -0.4 is 10.3 Å². The van der Waals surface area contributed by atoms with Crippen LogP contribution in [0, 0.1) is 13.8 Å². The number of fused-ring (bicyclic) bond motifs is 2. The number of imidazole rings is 1. The van der Waals surface area contributed by atoms with E-state index in [0.717, 1.165) is 40.7 Å². The molecule has 35 heavy (non-hydrogen) atoms. The zero-order chi connectivity index (χ0) is 24.1. The Morgan fingerprint density at radius 2 is 1.71 bits per heavy atom. The molecule has 1 N–H and O–H groups in total. The van der Waals surface area contributed by atoms with Crippen LogP contribution in [0.2, 0.25) is 0 Å². The van der Waals surface area contributed by atoms with E-state index in [1.165, 1.54) is 19.3 Å². The largest absolute Gasteiger partial charge is 0.494 e. The van der Waals surface area contributed by atoms with Gasteiger partial charge in [0.1, 0.15) is 22.7 Å². The average Bonchev–Trinajstić information content (AvgIpc) is 3.42. The van der Waals surface area contributed by atoms with Crippen LogP contribution in [0.5, 0.6) is 5.75 Å². The van der Waals surface area contributed by atoms with Gasteiger partial charge in [-0.3, -0.25) is 9.89 Å². The molecular weight excluding hydrogens is 438 g/mol. The molecule has 5 aromatic rings. The summed E-state index contributed by atoms with van der Waals surface area (Å²) in [4.78, 5) is 24.0. The number of rotatable bonds is 4. The minimum atomic E-state index is -0.135. The van der Waals surface area contributed by atoms with Crippen LogP contribution >= 0.6 is 0 Å². The van der Waals surface area contributed by atoms with E-state index >= 15 is 0 Å². The molecule has 1 aliphatic carbocycles. The number of nitrogens with zero attached hydrogens (tertiary/aromatic N) is 4. The first-order chi connectivity index (χ1) is 17.1. The van der Waals surface area contributed by atoms with Gasteiger partial charge in [0.25, 0.3) is 5.56 Å². The lowest BCUT2D eigenvalue weighted by Gasteiger charge is -2.25. The molecule has 1 fully saturated rings. The SMILES string of the molecule is COc1cccc2c1nc(-c1c(C)nc3c(-c4ccccc4)c(C)[nH]n3c1=O)n2C1CCCCC1. The Labute approximate surface area is 203 Å². The molecule has 7 nitrogen and oxygen atoms in total. The van der Waals surface area contributed by atoms with Gasteiger partial charge in [-0.15, -0.1) is 0 Å². The second-order valence-electron chi connectivity index (χ2n) is 9.44. The summed E-state index contributed by atoms with van der Waals surface area (Å²) in [6, 6.07) is 16.4. The smallest absolute Gasteiger partial charge is 0.284 e. The number of H-pyrrole nitrogens is 1. The standard InChI is InChI=1S/C28H29N5O2/c1-17-24(28(34)33-27(29-17)23(18(2)31-33)19-11-6-4-7-12-19)26-30-25-21(15-10-16-22(25)35-3)32(26)20-13-8-5-9-14-20/h4,6-7,10-12,15-16,20,31H,5,8-9,13-14H2,1-3H3. The van der Waals surface area contributed by atoms with Crippen LogP contribution in [0.1, 0.15) is 49.5 Å². The average molecular weight is 468 g/mol. The molecule has 3 heterocycles. The Bertz CT molecular complexity index is 1600. The van der Waals surface area contributed by atoms with E-state index in [9.17, 15) is 4.79 Å². The summed E-state index contributed by atoms with van der Waals surface area (Å²) in [5.74, 6) is 1.39. The topological polar surface area (TPSA) is 77.2 Å². The van der Waals surface area contributed by atoms with E-state index < -0.39 is 0 Å². The first-order valence-electron chi connectivity index (χ1n) is 12.3. The number of aryl methyl sites for hydroxylation is 2. The molecule has 7 heteroatoms. The molecule has 0 aliphatic heterocycles. The fraction of sp³-hybridized carbons (Fsp3) is 0.321.